The Kier molecular flexibility index (Phi) is 3.86. The van der Waals surface area contributed by atoms with Gasteiger partial charge in [-0.25, -0.2) is 0 Å². The standard InChI is InChI=1S/C24H32OS/c1-15-13-16-14-17(25)8-10-23(16,2)20-9-11-24(3)18(21-5-4-12-26-21)6-7-19(24)22(15)20/h4-6,12-13,15,17,19-20,22,25H,7-11,14H2,1-3H3/t15?,17?,19-,20-,22-,23-,24+/m0/s1. The van der Waals surface area contributed by atoms with Gasteiger partial charge < -0.3 is 5.11 Å². The molecule has 2 saturated carbocycles. The molecule has 0 saturated heterocycles. The summed E-state index contributed by atoms with van der Waals surface area (Å²) < 4.78 is 0. The predicted molar refractivity (Wildman–Crippen MR) is 110 cm³/mol. The van der Waals surface area contributed by atoms with Crippen LogP contribution in [-0.2, 0) is 0 Å². The van der Waals surface area contributed by atoms with Gasteiger partial charge in [0.2, 0.25) is 0 Å². The molecule has 140 valence electrons. The van der Waals surface area contributed by atoms with Crippen LogP contribution in [0.2, 0.25) is 0 Å². The Morgan fingerprint density at radius 3 is 2.69 bits per heavy atom. The average molecular weight is 369 g/mol. The summed E-state index contributed by atoms with van der Waals surface area (Å²) in [4.78, 5) is 1.50. The summed E-state index contributed by atoms with van der Waals surface area (Å²) in [6, 6.07) is 4.53. The van der Waals surface area contributed by atoms with E-state index in [1.165, 1.54) is 30.6 Å². The molecule has 1 aromatic heterocycles. The van der Waals surface area contributed by atoms with Crippen molar-refractivity contribution in [1.82, 2.24) is 0 Å². The minimum Gasteiger partial charge on any atom is -0.393 e. The van der Waals surface area contributed by atoms with E-state index in [1.807, 2.05) is 11.3 Å². The highest BCUT2D eigenvalue weighted by Gasteiger charge is 2.58. The van der Waals surface area contributed by atoms with Gasteiger partial charge in [0.15, 0.2) is 0 Å². The Morgan fingerprint density at radius 2 is 1.92 bits per heavy atom. The SMILES string of the molecule is CC1C=C2CC(O)CC[C@]2(C)[C@H]2CC[C@]3(C)C(c4cccs4)=CC[C@H]3[C@H]12. The van der Waals surface area contributed by atoms with Crippen molar-refractivity contribution in [2.75, 3.05) is 0 Å². The van der Waals surface area contributed by atoms with Gasteiger partial charge in [-0.3, -0.25) is 0 Å². The summed E-state index contributed by atoms with van der Waals surface area (Å²) in [6.07, 6.45) is 12.1. The van der Waals surface area contributed by atoms with Crippen molar-refractivity contribution in [3.05, 3.63) is 40.1 Å². The topological polar surface area (TPSA) is 20.2 Å². The van der Waals surface area contributed by atoms with Crippen molar-refractivity contribution in [1.29, 1.82) is 0 Å². The second kappa shape index (κ2) is 5.82. The lowest BCUT2D eigenvalue weighted by molar-refractivity contribution is -0.0425. The van der Waals surface area contributed by atoms with Crippen molar-refractivity contribution in [3.63, 3.8) is 0 Å². The number of hydrogen-bond acceptors (Lipinski definition) is 2. The van der Waals surface area contributed by atoms with Crippen molar-refractivity contribution in [3.8, 4) is 0 Å². The van der Waals surface area contributed by atoms with Crippen LogP contribution in [0.15, 0.2) is 35.2 Å². The number of rotatable bonds is 1. The van der Waals surface area contributed by atoms with Crippen LogP contribution in [0.4, 0.5) is 0 Å². The molecular formula is C24H32OS. The lowest BCUT2D eigenvalue weighted by Crippen LogP contribution is -2.52. The summed E-state index contributed by atoms with van der Waals surface area (Å²) in [5, 5.41) is 12.5. The summed E-state index contributed by atoms with van der Waals surface area (Å²) >= 11 is 1.91. The third-order valence-electron chi connectivity index (χ3n) is 8.78. The van der Waals surface area contributed by atoms with E-state index in [4.69, 9.17) is 0 Å². The first-order valence-electron chi connectivity index (χ1n) is 10.6. The van der Waals surface area contributed by atoms with Crippen LogP contribution in [0.3, 0.4) is 0 Å². The Labute approximate surface area is 162 Å². The fraction of sp³-hybridized carbons (Fsp3) is 0.667. The number of aliphatic hydroxyl groups is 1. The van der Waals surface area contributed by atoms with E-state index in [0.717, 1.165) is 30.6 Å². The highest BCUT2D eigenvalue weighted by molar-refractivity contribution is 7.11. The van der Waals surface area contributed by atoms with Crippen LogP contribution in [0.25, 0.3) is 5.57 Å². The van der Waals surface area contributed by atoms with E-state index in [2.05, 4.69) is 50.4 Å². The highest BCUT2D eigenvalue weighted by Crippen LogP contribution is 2.67. The van der Waals surface area contributed by atoms with Gasteiger partial charge in [0.05, 0.1) is 6.10 Å². The number of fused-ring (bicyclic) bond motifs is 5. The third-order valence-corrected chi connectivity index (χ3v) is 9.68. The lowest BCUT2D eigenvalue weighted by Gasteiger charge is -2.59. The van der Waals surface area contributed by atoms with Crippen LogP contribution in [-0.4, -0.2) is 11.2 Å². The Balaban J connectivity index is 1.52. The molecule has 1 heterocycles. The minimum atomic E-state index is -0.106. The van der Waals surface area contributed by atoms with Crippen LogP contribution in [0, 0.1) is 34.5 Å². The van der Waals surface area contributed by atoms with Crippen molar-refractivity contribution < 1.29 is 5.11 Å². The van der Waals surface area contributed by atoms with Gasteiger partial charge in [0.25, 0.3) is 0 Å². The van der Waals surface area contributed by atoms with E-state index in [1.54, 1.807) is 11.1 Å². The van der Waals surface area contributed by atoms with E-state index in [9.17, 15) is 5.11 Å². The van der Waals surface area contributed by atoms with Crippen molar-refractivity contribution >= 4 is 16.9 Å². The van der Waals surface area contributed by atoms with Gasteiger partial charge in [-0.05, 0) is 90.0 Å². The van der Waals surface area contributed by atoms with Crippen LogP contribution in [0.5, 0.6) is 0 Å². The summed E-state index contributed by atoms with van der Waals surface area (Å²) in [5.41, 5.74) is 3.92. The van der Waals surface area contributed by atoms with Gasteiger partial charge in [0.1, 0.15) is 0 Å². The maximum atomic E-state index is 10.2. The number of hydrogen-bond donors (Lipinski definition) is 1. The molecular weight excluding hydrogens is 336 g/mol. The zero-order chi connectivity index (χ0) is 18.1. The molecule has 0 bridgehead atoms. The fourth-order valence-corrected chi connectivity index (χ4v) is 8.29. The molecule has 26 heavy (non-hydrogen) atoms. The molecule has 0 radical (unpaired) electrons. The van der Waals surface area contributed by atoms with E-state index in [0.29, 0.717) is 16.7 Å². The van der Waals surface area contributed by atoms with Gasteiger partial charge in [-0.1, -0.05) is 44.6 Å². The van der Waals surface area contributed by atoms with Crippen LogP contribution < -0.4 is 0 Å². The molecule has 1 aromatic rings. The summed E-state index contributed by atoms with van der Waals surface area (Å²) in [5.74, 6) is 3.04. The van der Waals surface area contributed by atoms with Crippen molar-refractivity contribution in [2.45, 2.75) is 65.4 Å². The summed E-state index contributed by atoms with van der Waals surface area (Å²) in [6.45, 7) is 7.55. The minimum absolute atomic E-state index is 0.106. The number of thiophene rings is 1. The quantitative estimate of drug-likeness (QED) is 0.576. The first-order chi connectivity index (χ1) is 12.4. The maximum absolute atomic E-state index is 10.2. The number of allylic oxidation sites excluding steroid dienone is 3. The van der Waals surface area contributed by atoms with Crippen molar-refractivity contribution in [2.24, 2.45) is 34.5 Å². The van der Waals surface area contributed by atoms with E-state index in [-0.39, 0.29) is 6.10 Å². The molecule has 0 aliphatic heterocycles. The molecule has 0 amide bonds. The molecule has 0 aromatic carbocycles. The molecule has 5 rings (SSSR count). The lowest BCUT2D eigenvalue weighted by atomic mass is 9.45. The Hall–Kier alpha value is -0.860. The first-order valence-corrected chi connectivity index (χ1v) is 11.5. The normalized spacial score (nSPS) is 47.5. The molecule has 7 atom stereocenters. The van der Waals surface area contributed by atoms with Gasteiger partial charge >= 0.3 is 0 Å². The molecule has 1 nitrogen and oxygen atoms in total. The number of aliphatic hydroxyl groups excluding tert-OH is 1. The maximum Gasteiger partial charge on any atom is 0.0577 e. The van der Waals surface area contributed by atoms with Gasteiger partial charge in [-0.2, -0.15) is 0 Å². The van der Waals surface area contributed by atoms with Crippen LogP contribution in [0.1, 0.15) is 64.2 Å². The molecule has 2 heteroatoms. The van der Waals surface area contributed by atoms with Crippen LogP contribution >= 0.6 is 11.3 Å². The zero-order valence-corrected chi connectivity index (χ0v) is 17.2. The molecule has 0 spiro atoms. The fourth-order valence-electron chi connectivity index (χ4n) is 7.38. The Bertz CT molecular complexity index is 759. The monoisotopic (exact) mass is 368 g/mol. The van der Waals surface area contributed by atoms with Gasteiger partial charge in [-0.15, -0.1) is 11.3 Å². The second-order valence-electron chi connectivity index (χ2n) is 9.94. The average Bonchev–Trinajstić information content (AvgIpc) is 3.23. The molecule has 2 unspecified atom stereocenters. The second-order valence-corrected chi connectivity index (χ2v) is 10.9. The zero-order valence-electron chi connectivity index (χ0n) is 16.4. The summed E-state index contributed by atoms with van der Waals surface area (Å²) in [7, 11) is 0. The third kappa shape index (κ3) is 2.24. The molecule has 4 aliphatic rings. The molecule has 2 fully saturated rings. The van der Waals surface area contributed by atoms with E-state index >= 15 is 0 Å². The smallest absolute Gasteiger partial charge is 0.0577 e. The Morgan fingerprint density at radius 1 is 1.12 bits per heavy atom. The van der Waals surface area contributed by atoms with Gasteiger partial charge in [0, 0.05) is 4.88 Å². The molecule has 4 aliphatic carbocycles. The molecule has 1 N–H and O–H groups in total. The van der Waals surface area contributed by atoms with E-state index < -0.39 is 0 Å². The predicted octanol–water partition coefficient (Wildman–Crippen LogP) is 6.31. The first kappa shape index (κ1) is 17.3. The largest absolute Gasteiger partial charge is 0.393 e. The highest BCUT2D eigenvalue weighted by atomic mass is 32.1.